The summed E-state index contributed by atoms with van der Waals surface area (Å²) in [5, 5.41) is 13.7. The minimum atomic E-state index is -0.995. The van der Waals surface area contributed by atoms with Gasteiger partial charge < -0.3 is 5.11 Å². The van der Waals surface area contributed by atoms with Gasteiger partial charge in [0.1, 0.15) is 10.7 Å². The maximum Gasteiger partial charge on any atom is 0.355 e. The lowest BCUT2D eigenvalue weighted by atomic mass is 10.4. The van der Waals surface area contributed by atoms with E-state index < -0.39 is 5.97 Å². The van der Waals surface area contributed by atoms with Crippen LogP contribution in [0.25, 0.3) is 10.7 Å². The summed E-state index contributed by atoms with van der Waals surface area (Å²) in [7, 11) is 1.81. The van der Waals surface area contributed by atoms with Gasteiger partial charge in [-0.2, -0.15) is 5.10 Å². The first-order chi connectivity index (χ1) is 7.08. The molecule has 2 heterocycles. The zero-order valence-electron chi connectivity index (χ0n) is 8.26. The number of nitrogens with zero attached hydrogens (tertiary/aromatic N) is 3. The van der Waals surface area contributed by atoms with Gasteiger partial charge in [0.2, 0.25) is 0 Å². The first-order valence-corrected chi connectivity index (χ1v) is 5.10. The molecule has 0 aliphatic heterocycles. The third-order valence-electron chi connectivity index (χ3n) is 1.93. The minimum Gasteiger partial charge on any atom is -0.476 e. The van der Waals surface area contributed by atoms with Crippen LogP contribution < -0.4 is 0 Å². The Labute approximate surface area is 90.0 Å². The Morgan fingerprint density at radius 2 is 2.33 bits per heavy atom. The van der Waals surface area contributed by atoms with Crippen LogP contribution in [0.15, 0.2) is 12.3 Å². The molecule has 2 aromatic rings. The fourth-order valence-corrected chi connectivity index (χ4v) is 2.10. The number of aryl methyl sites for hydroxylation is 2. The summed E-state index contributed by atoms with van der Waals surface area (Å²) in [4.78, 5) is 15.5. The topological polar surface area (TPSA) is 68.0 Å². The van der Waals surface area contributed by atoms with Crippen LogP contribution in [0.3, 0.4) is 0 Å². The molecule has 0 spiro atoms. The van der Waals surface area contributed by atoms with Gasteiger partial charge in [-0.1, -0.05) is 0 Å². The van der Waals surface area contributed by atoms with Crippen molar-refractivity contribution < 1.29 is 9.90 Å². The maximum atomic E-state index is 10.8. The van der Waals surface area contributed by atoms with Gasteiger partial charge in [-0.05, 0) is 13.0 Å². The molecule has 0 fully saturated rings. The molecule has 78 valence electrons. The molecular formula is C9H9N3O2S. The van der Waals surface area contributed by atoms with Gasteiger partial charge in [0.25, 0.3) is 0 Å². The van der Waals surface area contributed by atoms with E-state index in [0.29, 0.717) is 15.6 Å². The highest BCUT2D eigenvalue weighted by molar-refractivity contribution is 7.15. The van der Waals surface area contributed by atoms with Gasteiger partial charge in [0, 0.05) is 18.1 Å². The largest absolute Gasteiger partial charge is 0.476 e. The van der Waals surface area contributed by atoms with E-state index in [1.54, 1.807) is 17.8 Å². The van der Waals surface area contributed by atoms with Crippen LogP contribution in [-0.4, -0.2) is 25.8 Å². The van der Waals surface area contributed by atoms with Gasteiger partial charge in [-0.25, -0.2) is 9.78 Å². The van der Waals surface area contributed by atoms with Crippen molar-refractivity contribution in [1.29, 1.82) is 0 Å². The molecule has 0 amide bonds. The number of rotatable bonds is 2. The molecule has 0 saturated carbocycles. The second-order valence-electron chi connectivity index (χ2n) is 3.10. The molecule has 0 radical (unpaired) electrons. The Hall–Kier alpha value is -1.69. The van der Waals surface area contributed by atoms with Crippen molar-refractivity contribution in [2.45, 2.75) is 6.92 Å². The van der Waals surface area contributed by atoms with Crippen molar-refractivity contribution in [2.24, 2.45) is 7.05 Å². The highest BCUT2D eigenvalue weighted by Gasteiger charge is 2.15. The van der Waals surface area contributed by atoms with Crippen LogP contribution in [0.2, 0.25) is 0 Å². The van der Waals surface area contributed by atoms with E-state index in [4.69, 9.17) is 5.11 Å². The Balaban J connectivity index is 2.46. The second kappa shape index (κ2) is 3.47. The number of carbonyl (C=O) groups is 1. The third-order valence-corrected chi connectivity index (χ3v) is 2.93. The predicted octanol–water partition coefficient (Wildman–Crippen LogP) is 1.55. The molecule has 15 heavy (non-hydrogen) atoms. The van der Waals surface area contributed by atoms with E-state index in [1.807, 2.05) is 13.1 Å². The van der Waals surface area contributed by atoms with E-state index in [0.717, 1.165) is 0 Å². The zero-order valence-corrected chi connectivity index (χ0v) is 9.08. The molecule has 2 rings (SSSR count). The number of aromatic carboxylic acids is 1. The Kier molecular flexibility index (Phi) is 2.28. The summed E-state index contributed by atoms with van der Waals surface area (Å²) in [6.45, 7) is 1.74. The summed E-state index contributed by atoms with van der Waals surface area (Å²) in [6.07, 6.45) is 1.80. The number of hydrogen-bond acceptors (Lipinski definition) is 4. The molecule has 0 aromatic carbocycles. The summed E-state index contributed by atoms with van der Waals surface area (Å²) >= 11 is 1.34. The number of carboxylic acid groups (broad SMARTS) is 1. The van der Waals surface area contributed by atoms with E-state index in [-0.39, 0.29) is 5.69 Å². The Morgan fingerprint density at radius 1 is 1.60 bits per heavy atom. The van der Waals surface area contributed by atoms with E-state index in [9.17, 15) is 4.79 Å². The molecule has 5 nitrogen and oxygen atoms in total. The molecule has 0 aliphatic rings. The smallest absolute Gasteiger partial charge is 0.355 e. The lowest BCUT2D eigenvalue weighted by Crippen LogP contribution is -1.98. The van der Waals surface area contributed by atoms with Crippen LogP contribution in [0.4, 0.5) is 0 Å². The standard InChI is InChI=1S/C9H9N3O2S/c1-5-7(9(13)14)10-8(15-5)6-3-4-12(2)11-6/h3-4H,1-2H3,(H,13,14). The Morgan fingerprint density at radius 3 is 2.80 bits per heavy atom. The molecule has 1 N–H and O–H groups in total. The van der Waals surface area contributed by atoms with Crippen molar-refractivity contribution in [3.8, 4) is 10.7 Å². The minimum absolute atomic E-state index is 0.112. The van der Waals surface area contributed by atoms with Crippen molar-refractivity contribution in [2.75, 3.05) is 0 Å². The van der Waals surface area contributed by atoms with E-state index in [2.05, 4.69) is 10.1 Å². The van der Waals surface area contributed by atoms with Gasteiger partial charge >= 0.3 is 5.97 Å². The average Bonchev–Trinajstić information content (AvgIpc) is 2.71. The number of thiazole rings is 1. The van der Waals surface area contributed by atoms with Crippen LogP contribution in [0.5, 0.6) is 0 Å². The lowest BCUT2D eigenvalue weighted by Gasteiger charge is -1.87. The van der Waals surface area contributed by atoms with Gasteiger partial charge in [0.05, 0.1) is 0 Å². The SMILES string of the molecule is Cc1sc(-c2ccn(C)n2)nc1C(=O)O. The number of carboxylic acids is 1. The quantitative estimate of drug-likeness (QED) is 0.838. The van der Waals surface area contributed by atoms with Crippen LogP contribution in [0.1, 0.15) is 15.4 Å². The Bertz CT molecular complexity index is 515. The molecule has 6 heteroatoms. The monoisotopic (exact) mass is 223 g/mol. The summed E-state index contributed by atoms with van der Waals surface area (Å²) in [5.41, 5.74) is 0.818. The summed E-state index contributed by atoms with van der Waals surface area (Å²) in [5.74, 6) is -0.995. The molecule has 0 saturated heterocycles. The first kappa shape index (κ1) is 9.85. The maximum absolute atomic E-state index is 10.8. The predicted molar refractivity (Wildman–Crippen MR) is 56.0 cm³/mol. The third kappa shape index (κ3) is 1.75. The second-order valence-corrected chi connectivity index (χ2v) is 4.31. The average molecular weight is 223 g/mol. The van der Waals surface area contributed by atoms with Crippen molar-refractivity contribution >= 4 is 17.3 Å². The normalized spacial score (nSPS) is 10.5. The summed E-state index contributed by atoms with van der Waals surface area (Å²) < 4.78 is 1.66. The molecule has 0 unspecified atom stereocenters. The lowest BCUT2D eigenvalue weighted by molar-refractivity contribution is 0.0690. The van der Waals surface area contributed by atoms with Crippen molar-refractivity contribution in [3.05, 3.63) is 22.8 Å². The molecular weight excluding hydrogens is 214 g/mol. The van der Waals surface area contributed by atoms with Crippen LogP contribution in [0, 0.1) is 6.92 Å². The molecule has 0 atom stereocenters. The molecule has 0 bridgehead atoms. The highest BCUT2D eigenvalue weighted by Crippen LogP contribution is 2.25. The number of aromatic nitrogens is 3. The molecule has 2 aromatic heterocycles. The van der Waals surface area contributed by atoms with E-state index in [1.165, 1.54) is 11.3 Å². The van der Waals surface area contributed by atoms with Crippen molar-refractivity contribution in [1.82, 2.24) is 14.8 Å². The number of hydrogen-bond donors (Lipinski definition) is 1. The van der Waals surface area contributed by atoms with Crippen LogP contribution >= 0.6 is 11.3 Å². The van der Waals surface area contributed by atoms with Gasteiger partial charge in [-0.15, -0.1) is 11.3 Å². The van der Waals surface area contributed by atoms with Gasteiger partial charge in [0.15, 0.2) is 5.69 Å². The molecule has 0 aliphatic carbocycles. The van der Waals surface area contributed by atoms with Crippen LogP contribution in [-0.2, 0) is 7.05 Å². The summed E-state index contributed by atoms with van der Waals surface area (Å²) in [6, 6.07) is 1.81. The fraction of sp³-hybridized carbons (Fsp3) is 0.222. The first-order valence-electron chi connectivity index (χ1n) is 4.28. The fourth-order valence-electron chi connectivity index (χ4n) is 1.23. The van der Waals surface area contributed by atoms with Crippen molar-refractivity contribution in [3.63, 3.8) is 0 Å². The zero-order chi connectivity index (χ0) is 11.0. The van der Waals surface area contributed by atoms with E-state index >= 15 is 0 Å². The highest BCUT2D eigenvalue weighted by atomic mass is 32.1. The van der Waals surface area contributed by atoms with Gasteiger partial charge in [-0.3, -0.25) is 4.68 Å².